The number of fused-ring (bicyclic) bond motifs is 1. The maximum atomic E-state index is 13.4. The molecule has 1 atom stereocenters. The van der Waals surface area contributed by atoms with Gasteiger partial charge in [0.15, 0.2) is 23.4 Å². The topological polar surface area (TPSA) is 103 Å². The van der Waals surface area contributed by atoms with E-state index >= 15 is 0 Å². The molecule has 1 heterocycles. The van der Waals surface area contributed by atoms with Crippen LogP contribution in [0.2, 0.25) is 0 Å². The van der Waals surface area contributed by atoms with Crippen molar-refractivity contribution in [2.45, 2.75) is 19.2 Å². The van der Waals surface area contributed by atoms with Gasteiger partial charge in [-0.3, -0.25) is 4.79 Å². The van der Waals surface area contributed by atoms with Crippen LogP contribution in [0.5, 0.6) is 11.5 Å². The van der Waals surface area contributed by atoms with Gasteiger partial charge in [0.2, 0.25) is 0 Å². The number of carbonyl (C=O) groups is 1. The van der Waals surface area contributed by atoms with Crippen LogP contribution in [-0.4, -0.2) is 40.2 Å². The van der Waals surface area contributed by atoms with Crippen LogP contribution < -0.4 is 15.0 Å². The highest BCUT2D eigenvalue weighted by Crippen LogP contribution is 2.35. The van der Waals surface area contributed by atoms with E-state index in [4.69, 9.17) is 14.6 Å². The molecule has 0 fully saturated rings. The van der Waals surface area contributed by atoms with Gasteiger partial charge in [-0.05, 0) is 71.5 Å². The molecule has 4 rings (SSSR count). The first-order chi connectivity index (χ1) is 18.0. The van der Waals surface area contributed by atoms with E-state index in [0.717, 1.165) is 16.8 Å². The van der Waals surface area contributed by atoms with E-state index in [0.29, 0.717) is 14.7 Å². The van der Waals surface area contributed by atoms with Crippen molar-refractivity contribution in [3.63, 3.8) is 0 Å². The minimum Gasteiger partial charge on any atom is -0.493 e. The number of methoxy groups -OCH3 is 1. The van der Waals surface area contributed by atoms with Crippen LogP contribution in [0, 0.1) is 3.57 Å². The number of ether oxygens (including phenoxy) is 2. The second kappa shape index (κ2) is 10.8. The molecule has 0 bridgehead atoms. The number of hydrogen-bond donors (Lipinski definition) is 1. The van der Waals surface area contributed by atoms with Gasteiger partial charge in [-0.25, -0.2) is 9.78 Å². The molecular weight excluding hydrogens is 618 g/mol. The standard InChI is InChI=1S/C26H19F3IN3O5/c1-14(25(35)36)38-22-19(30)10-15(11-21(22)37-2)13-31-33-23(16-6-5-7-17(12-16)26(27,28)29)32-20-9-4-3-8-18(20)24(33)34/h3-14H,1-2H3,(H,35,36)/t14-/m1/s1. The highest BCUT2D eigenvalue weighted by molar-refractivity contribution is 14.1. The Morgan fingerprint density at radius 2 is 1.89 bits per heavy atom. The van der Waals surface area contributed by atoms with Gasteiger partial charge in [0.1, 0.15) is 0 Å². The van der Waals surface area contributed by atoms with E-state index in [9.17, 15) is 22.8 Å². The molecule has 0 radical (unpaired) electrons. The molecule has 1 N–H and O–H groups in total. The Kier molecular flexibility index (Phi) is 7.71. The first-order valence-corrected chi connectivity index (χ1v) is 12.1. The van der Waals surface area contributed by atoms with Gasteiger partial charge in [-0.1, -0.05) is 24.3 Å². The lowest BCUT2D eigenvalue weighted by Crippen LogP contribution is -2.23. The predicted octanol–water partition coefficient (Wildman–Crippen LogP) is 5.43. The third-order valence-corrected chi connectivity index (χ3v) is 6.22. The van der Waals surface area contributed by atoms with Crippen molar-refractivity contribution in [1.82, 2.24) is 9.66 Å². The monoisotopic (exact) mass is 637 g/mol. The average molecular weight is 637 g/mol. The Hall–Kier alpha value is -3.94. The molecule has 196 valence electrons. The van der Waals surface area contributed by atoms with Crippen molar-refractivity contribution in [1.29, 1.82) is 0 Å². The summed E-state index contributed by atoms with van der Waals surface area (Å²) in [5.74, 6) is -0.783. The maximum Gasteiger partial charge on any atom is 0.416 e. The van der Waals surface area contributed by atoms with Crippen LogP contribution in [0.25, 0.3) is 22.3 Å². The van der Waals surface area contributed by atoms with E-state index < -0.39 is 29.4 Å². The largest absolute Gasteiger partial charge is 0.493 e. The molecule has 0 saturated carbocycles. The van der Waals surface area contributed by atoms with E-state index in [2.05, 4.69) is 10.1 Å². The van der Waals surface area contributed by atoms with Crippen molar-refractivity contribution >= 4 is 45.7 Å². The molecule has 0 aliphatic carbocycles. The molecule has 1 aromatic heterocycles. The third kappa shape index (κ3) is 5.64. The Morgan fingerprint density at radius 1 is 1.16 bits per heavy atom. The van der Waals surface area contributed by atoms with E-state index in [1.165, 1.54) is 38.4 Å². The van der Waals surface area contributed by atoms with Gasteiger partial charge in [0.05, 0.1) is 33.4 Å². The van der Waals surface area contributed by atoms with Crippen LogP contribution in [0.3, 0.4) is 0 Å². The number of aromatic nitrogens is 2. The van der Waals surface area contributed by atoms with Gasteiger partial charge >= 0.3 is 12.1 Å². The van der Waals surface area contributed by atoms with Gasteiger partial charge in [-0.2, -0.15) is 22.9 Å². The summed E-state index contributed by atoms with van der Waals surface area (Å²) in [5, 5.41) is 13.7. The summed E-state index contributed by atoms with van der Waals surface area (Å²) in [7, 11) is 1.38. The zero-order valence-corrected chi connectivity index (χ0v) is 22.0. The number of halogens is 4. The molecule has 38 heavy (non-hydrogen) atoms. The number of hydrogen-bond acceptors (Lipinski definition) is 6. The lowest BCUT2D eigenvalue weighted by molar-refractivity contribution is -0.144. The molecule has 0 saturated heterocycles. The lowest BCUT2D eigenvalue weighted by Gasteiger charge is -2.16. The summed E-state index contributed by atoms with van der Waals surface area (Å²) in [6.07, 6.45) is -4.39. The van der Waals surface area contributed by atoms with E-state index in [1.54, 1.807) is 30.3 Å². The zero-order chi connectivity index (χ0) is 27.6. The number of benzene rings is 3. The number of aliphatic carboxylic acids is 1. The molecule has 0 unspecified atom stereocenters. The Balaban J connectivity index is 1.85. The van der Waals surface area contributed by atoms with Crippen LogP contribution in [-0.2, 0) is 11.0 Å². The normalized spacial score (nSPS) is 12.6. The summed E-state index contributed by atoms with van der Waals surface area (Å²) in [6.45, 7) is 1.38. The summed E-state index contributed by atoms with van der Waals surface area (Å²) in [6, 6.07) is 14.1. The van der Waals surface area contributed by atoms with Gasteiger partial charge in [0, 0.05) is 5.56 Å². The fraction of sp³-hybridized carbons (Fsp3) is 0.154. The van der Waals surface area contributed by atoms with Crippen LogP contribution in [0.4, 0.5) is 13.2 Å². The maximum absolute atomic E-state index is 13.4. The Labute approximate surface area is 227 Å². The van der Waals surface area contributed by atoms with E-state index in [-0.39, 0.29) is 28.3 Å². The number of rotatable bonds is 7. The minimum absolute atomic E-state index is 0.0541. The zero-order valence-electron chi connectivity index (χ0n) is 19.9. The molecule has 12 heteroatoms. The Bertz CT molecular complexity index is 1620. The summed E-state index contributed by atoms with van der Waals surface area (Å²) >= 11 is 1.94. The smallest absolute Gasteiger partial charge is 0.416 e. The predicted molar refractivity (Wildman–Crippen MR) is 143 cm³/mol. The van der Waals surface area contributed by atoms with Crippen molar-refractivity contribution in [3.8, 4) is 22.9 Å². The quantitative estimate of drug-likeness (QED) is 0.214. The number of para-hydroxylation sites is 1. The number of alkyl halides is 3. The van der Waals surface area contributed by atoms with Crippen molar-refractivity contribution in [2.75, 3.05) is 7.11 Å². The second-order valence-corrected chi connectivity index (χ2v) is 9.19. The molecule has 0 spiro atoms. The highest BCUT2D eigenvalue weighted by atomic mass is 127. The first kappa shape index (κ1) is 27.1. The first-order valence-electron chi connectivity index (χ1n) is 11.0. The van der Waals surface area contributed by atoms with Gasteiger partial charge in [0.25, 0.3) is 5.56 Å². The second-order valence-electron chi connectivity index (χ2n) is 8.03. The van der Waals surface area contributed by atoms with Crippen molar-refractivity contribution in [2.24, 2.45) is 5.10 Å². The molecule has 4 aromatic rings. The van der Waals surface area contributed by atoms with Crippen LogP contribution in [0.15, 0.2) is 70.6 Å². The average Bonchev–Trinajstić information content (AvgIpc) is 2.88. The SMILES string of the molecule is COc1cc(C=Nn2c(-c3cccc(C(F)(F)F)c3)nc3ccccc3c2=O)cc(I)c1O[C@H](C)C(=O)O. The Morgan fingerprint density at radius 3 is 2.58 bits per heavy atom. The van der Waals surface area contributed by atoms with Crippen LogP contribution in [0.1, 0.15) is 18.1 Å². The fourth-order valence-corrected chi connectivity index (χ4v) is 4.29. The van der Waals surface area contributed by atoms with Crippen molar-refractivity contribution < 1.29 is 32.5 Å². The van der Waals surface area contributed by atoms with E-state index in [1.807, 2.05) is 22.6 Å². The van der Waals surface area contributed by atoms with Gasteiger partial charge in [-0.15, -0.1) is 0 Å². The molecule has 0 aliphatic rings. The molecule has 3 aromatic carbocycles. The molecule has 0 amide bonds. The van der Waals surface area contributed by atoms with Crippen LogP contribution >= 0.6 is 22.6 Å². The number of nitrogens with zero attached hydrogens (tertiary/aromatic N) is 3. The fourth-order valence-electron chi connectivity index (χ4n) is 3.53. The number of carboxylic acids is 1. The highest BCUT2D eigenvalue weighted by Gasteiger charge is 2.31. The number of carboxylic acid groups (broad SMARTS) is 1. The molecule has 0 aliphatic heterocycles. The van der Waals surface area contributed by atoms with Gasteiger partial charge < -0.3 is 14.6 Å². The summed E-state index contributed by atoms with van der Waals surface area (Å²) < 4.78 is 52.4. The summed E-state index contributed by atoms with van der Waals surface area (Å²) in [5.41, 5.74) is -0.647. The third-order valence-electron chi connectivity index (χ3n) is 5.42. The molecular formula is C26H19F3IN3O5. The lowest BCUT2D eigenvalue weighted by atomic mass is 10.1. The molecule has 8 nitrogen and oxygen atoms in total. The summed E-state index contributed by atoms with van der Waals surface area (Å²) in [4.78, 5) is 29.0. The van der Waals surface area contributed by atoms with Crippen molar-refractivity contribution in [3.05, 3.63) is 85.7 Å². The minimum atomic E-state index is -4.59.